The van der Waals surface area contributed by atoms with Crippen LogP contribution in [0.15, 0.2) is 42.5 Å². The second kappa shape index (κ2) is 8.46. The predicted molar refractivity (Wildman–Crippen MR) is 131 cm³/mol. The highest BCUT2D eigenvalue weighted by molar-refractivity contribution is 7.90. The van der Waals surface area contributed by atoms with Crippen LogP contribution in [0.4, 0.5) is 17.1 Å². The summed E-state index contributed by atoms with van der Waals surface area (Å²) in [6, 6.07) is 12.8. The van der Waals surface area contributed by atoms with Crippen molar-refractivity contribution in [1.82, 2.24) is 4.31 Å². The van der Waals surface area contributed by atoms with Crippen LogP contribution in [0.3, 0.4) is 0 Å². The first-order valence-corrected chi connectivity index (χ1v) is 12.5. The summed E-state index contributed by atoms with van der Waals surface area (Å²) in [6.45, 7) is 3.69. The van der Waals surface area contributed by atoms with Crippen LogP contribution in [0.25, 0.3) is 11.1 Å². The molecule has 33 heavy (non-hydrogen) atoms. The highest BCUT2D eigenvalue weighted by atomic mass is 32.2. The summed E-state index contributed by atoms with van der Waals surface area (Å²) in [6.07, 6.45) is 2.84. The zero-order chi connectivity index (χ0) is 24.0. The van der Waals surface area contributed by atoms with Gasteiger partial charge in [-0.25, -0.2) is 0 Å². The average Bonchev–Trinajstić information content (AvgIpc) is 2.71. The standard InChI is InChI=1S/C24H30N4O4S/c1-16(29)28-22-12-11-19(18-9-6-10-20(13-18)26-33(31,32)27(3)4)14-21(22)25-15-24(28,2)23(30)17-7-5-8-17/h6,9-14,17,25-26H,5,7-8,15H2,1-4H3/t24-/m0/s1. The number of nitrogens with one attached hydrogen (secondary N) is 2. The first kappa shape index (κ1) is 23.3. The maximum absolute atomic E-state index is 13.2. The van der Waals surface area contributed by atoms with Gasteiger partial charge < -0.3 is 5.32 Å². The number of rotatable bonds is 6. The van der Waals surface area contributed by atoms with E-state index in [1.54, 1.807) is 23.1 Å². The van der Waals surface area contributed by atoms with Gasteiger partial charge in [-0.05, 0) is 55.2 Å². The van der Waals surface area contributed by atoms with Crippen molar-refractivity contribution in [3.8, 4) is 11.1 Å². The number of Topliss-reactive ketones (excluding diaryl/α,β-unsaturated/α-hetero) is 1. The van der Waals surface area contributed by atoms with Crippen LogP contribution in [0.1, 0.15) is 33.1 Å². The van der Waals surface area contributed by atoms with Crippen molar-refractivity contribution in [2.45, 2.75) is 38.6 Å². The molecule has 2 aromatic carbocycles. The Kier molecular flexibility index (Phi) is 5.96. The maximum atomic E-state index is 13.2. The predicted octanol–water partition coefficient (Wildman–Crippen LogP) is 3.48. The Hall–Kier alpha value is -2.91. The lowest BCUT2D eigenvalue weighted by Crippen LogP contribution is -2.63. The molecule has 8 nitrogen and oxygen atoms in total. The number of ketones is 1. The summed E-state index contributed by atoms with van der Waals surface area (Å²) < 4.78 is 28.0. The number of anilines is 3. The van der Waals surface area contributed by atoms with Crippen molar-refractivity contribution < 1.29 is 18.0 Å². The fourth-order valence-corrected chi connectivity index (χ4v) is 5.10. The maximum Gasteiger partial charge on any atom is 0.301 e. The molecule has 0 bridgehead atoms. The van der Waals surface area contributed by atoms with Crippen molar-refractivity contribution in [3.63, 3.8) is 0 Å². The molecule has 1 saturated carbocycles. The van der Waals surface area contributed by atoms with E-state index in [4.69, 9.17) is 0 Å². The van der Waals surface area contributed by atoms with E-state index < -0.39 is 15.7 Å². The molecule has 9 heteroatoms. The van der Waals surface area contributed by atoms with Gasteiger partial charge in [0.25, 0.3) is 0 Å². The third-order valence-corrected chi connectivity index (χ3v) is 8.05. The highest BCUT2D eigenvalue weighted by Gasteiger charge is 2.48. The van der Waals surface area contributed by atoms with Gasteiger partial charge in [-0.3, -0.25) is 19.2 Å². The van der Waals surface area contributed by atoms with Gasteiger partial charge in [0.15, 0.2) is 5.78 Å². The Bertz CT molecular complexity index is 1210. The lowest BCUT2D eigenvalue weighted by atomic mass is 9.73. The topological polar surface area (TPSA) is 98.8 Å². The van der Waals surface area contributed by atoms with E-state index in [1.807, 2.05) is 31.2 Å². The molecule has 2 aliphatic rings. The van der Waals surface area contributed by atoms with Crippen LogP contribution in [-0.4, -0.2) is 50.6 Å². The Morgan fingerprint density at radius 3 is 2.42 bits per heavy atom. The molecule has 1 amide bonds. The zero-order valence-electron chi connectivity index (χ0n) is 19.4. The van der Waals surface area contributed by atoms with E-state index >= 15 is 0 Å². The Morgan fingerprint density at radius 2 is 1.82 bits per heavy atom. The van der Waals surface area contributed by atoms with Crippen LogP contribution < -0.4 is 14.9 Å². The Morgan fingerprint density at radius 1 is 1.12 bits per heavy atom. The second-order valence-electron chi connectivity index (χ2n) is 9.18. The number of hydrogen-bond donors (Lipinski definition) is 2. The molecule has 2 aromatic rings. The highest BCUT2D eigenvalue weighted by Crippen LogP contribution is 2.42. The van der Waals surface area contributed by atoms with E-state index in [0.717, 1.165) is 40.4 Å². The van der Waals surface area contributed by atoms with E-state index in [9.17, 15) is 18.0 Å². The fraction of sp³-hybridized carbons (Fsp3) is 0.417. The van der Waals surface area contributed by atoms with Gasteiger partial charge in [0, 0.05) is 33.5 Å². The van der Waals surface area contributed by atoms with Gasteiger partial charge in [-0.2, -0.15) is 12.7 Å². The molecule has 0 aromatic heterocycles. The molecule has 1 fully saturated rings. The largest absolute Gasteiger partial charge is 0.381 e. The van der Waals surface area contributed by atoms with Gasteiger partial charge in [0.1, 0.15) is 5.54 Å². The van der Waals surface area contributed by atoms with Crippen molar-refractivity contribution in [1.29, 1.82) is 0 Å². The summed E-state index contributed by atoms with van der Waals surface area (Å²) >= 11 is 0. The van der Waals surface area contributed by atoms with Crippen molar-refractivity contribution >= 4 is 39.0 Å². The summed E-state index contributed by atoms with van der Waals surface area (Å²) in [4.78, 5) is 27.5. The monoisotopic (exact) mass is 470 g/mol. The molecular formula is C24H30N4O4S. The van der Waals surface area contributed by atoms with Crippen molar-refractivity contribution in [2.75, 3.05) is 35.6 Å². The van der Waals surface area contributed by atoms with E-state index in [2.05, 4.69) is 10.0 Å². The lowest BCUT2D eigenvalue weighted by Gasteiger charge is -2.47. The van der Waals surface area contributed by atoms with Crippen LogP contribution >= 0.6 is 0 Å². The molecule has 1 aliphatic carbocycles. The number of hydrogen-bond acceptors (Lipinski definition) is 5. The van der Waals surface area contributed by atoms with Crippen LogP contribution in [-0.2, 0) is 19.8 Å². The zero-order valence-corrected chi connectivity index (χ0v) is 20.2. The Balaban J connectivity index is 1.67. The summed E-state index contributed by atoms with van der Waals surface area (Å²) in [5.74, 6) is -0.0269. The number of amides is 1. The van der Waals surface area contributed by atoms with Gasteiger partial charge in [-0.1, -0.05) is 24.6 Å². The fourth-order valence-electron chi connectivity index (χ4n) is 4.49. The summed E-state index contributed by atoms with van der Waals surface area (Å²) in [5, 5.41) is 3.37. The molecule has 0 spiro atoms. The molecule has 176 valence electrons. The molecule has 1 aliphatic heterocycles. The van der Waals surface area contributed by atoms with Crippen LogP contribution in [0.2, 0.25) is 0 Å². The Labute approximate surface area is 195 Å². The number of carbonyl (C=O) groups excluding carboxylic acids is 2. The summed E-state index contributed by atoms with van der Waals surface area (Å²) in [5.41, 5.74) is 2.67. The first-order chi connectivity index (χ1) is 15.5. The normalized spacial score (nSPS) is 20.6. The van der Waals surface area contributed by atoms with Gasteiger partial charge in [0.2, 0.25) is 5.91 Å². The summed E-state index contributed by atoms with van der Waals surface area (Å²) in [7, 11) is -0.684. The van der Waals surface area contributed by atoms with E-state index in [0.29, 0.717) is 17.9 Å². The number of carbonyl (C=O) groups is 2. The third kappa shape index (κ3) is 4.22. The first-order valence-electron chi connectivity index (χ1n) is 11.1. The SMILES string of the molecule is CC(=O)N1c2ccc(-c3cccc(NS(=O)(=O)N(C)C)c3)cc2NC[C@@]1(C)C(=O)C1CCC1. The lowest BCUT2D eigenvalue weighted by molar-refractivity contribution is -0.132. The molecule has 2 N–H and O–H groups in total. The number of fused-ring (bicyclic) bond motifs is 1. The second-order valence-corrected chi connectivity index (χ2v) is 11.1. The minimum Gasteiger partial charge on any atom is -0.381 e. The van der Waals surface area contributed by atoms with Crippen LogP contribution in [0, 0.1) is 5.92 Å². The van der Waals surface area contributed by atoms with Gasteiger partial charge >= 0.3 is 10.2 Å². The third-order valence-electron chi connectivity index (χ3n) is 6.60. The van der Waals surface area contributed by atoms with Crippen molar-refractivity contribution in [3.05, 3.63) is 42.5 Å². The minimum absolute atomic E-state index is 0.0214. The van der Waals surface area contributed by atoms with Gasteiger partial charge in [-0.15, -0.1) is 0 Å². The molecule has 4 rings (SSSR count). The quantitative estimate of drug-likeness (QED) is 0.674. The molecule has 1 heterocycles. The molecule has 0 radical (unpaired) electrons. The molecule has 0 unspecified atom stereocenters. The minimum atomic E-state index is -3.61. The van der Waals surface area contributed by atoms with E-state index in [-0.39, 0.29) is 17.6 Å². The van der Waals surface area contributed by atoms with Gasteiger partial charge in [0.05, 0.1) is 17.1 Å². The molecule has 0 saturated heterocycles. The number of benzene rings is 2. The van der Waals surface area contributed by atoms with Crippen LogP contribution in [0.5, 0.6) is 0 Å². The van der Waals surface area contributed by atoms with Crippen molar-refractivity contribution in [2.24, 2.45) is 5.92 Å². The molecule has 1 atom stereocenters. The smallest absolute Gasteiger partial charge is 0.301 e. The van der Waals surface area contributed by atoms with E-state index in [1.165, 1.54) is 21.0 Å². The average molecular weight is 471 g/mol. The number of nitrogens with zero attached hydrogens (tertiary/aromatic N) is 2. The molecular weight excluding hydrogens is 440 g/mol.